The van der Waals surface area contributed by atoms with Crippen LogP contribution >= 0.6 is 11.3 Å². The summed E-state index contributed by atoms with van der Waals surface area (Å²) >= 11 is 1.65. The molecule has 0 aliphatic heterocycles. The van der Waals surface area contributed by atoms with Crippen molar-refractivity contribution in [3.8, 4) is 11.3 Å². The molecule has 0 unspecified atom stereocenters. The van der Waals surface area contributed by atoms with Gasteiger partial charge < -0.3 is 9.97 Å². The van der Waals surface area contributed by atoms with Crippen LogP contribution in [0.4, 0.5) is 0 Å². The van der Waals surface area contributed by atoms with Crippen molar-refractivity contribution in [2.45, 2.75) is 34.0 Å². The Morgan fingerprint density at radius 1 is 0.773 bits per heavy atom. The van der Waals surface area contributed by atoms with E-state index in [-0.39, 0.29) is 31.2 Å². The molecule has 0 aliphatic carbocycles. The molecule has 0 aliphatic rings. The van der Waals surface area contributed by atoms with Gasteiger partial charge in [-0.2, -0.15) is 0 Å². The molecule has 8 rings (SSSR count). The standard InChI is InChI=1S/C29H24NS.C11H8N.Ir/c1-17-16-30-27-21-11-6-5-9-18(21)20-13-14-22-19-10-7-8-12-24(19)31-28(22)26(20)25(27)23(17)15-29(2,3)4;1-2-6-10(7-3-1)11-8-4-5-9-12-11;/h5-10,12-14,16H,15H2,1-4H3;1-6,8-9H;/q2*-1;/i1D3,15D2;;. The van der Waals surface area contributed by atoms with Crippen LogP contribution in [0.1, 0.15) is 38.8 Å². The van der Waals surface area contributed by atoms with Crippen LogP contribution in [0.3, 0.4) is 0 Å². The van der Waals surface area contributed by atoms with Gasteiger partial charge in [-0.1, -0.05) is 74.0 Å². The van der Waals surface area contributed by atoms with Gasteiger partial charge in [-0.3, -0.25) is 0 Å². The average molecular weight is 770 g/mol. The molecule has 4 heteroatoms. The molecule has 1 radical (unpaired) electrons. The Bertz CT molecular complexity index is 2410. The maximum atomic E-state index is 9.30. The van der Waals surface area contributed by atoms with E-state index in [1.54, 1.807) is 17.5 Å². The Kier molecular flexibility index (Phi) is 6.76. The minimum atomic E-state index is -2.52. The maximum Gasteiger partial charge on any atom is 0.0424 e. The summed E-state index contributed by atoms with van der Waals surface area (Å²) in [5, 5.41) is 6.32. The molecule has 3 heterocycles. The van der Waals surface area contributed by atoms with E-state index >= 15 is 0 Å². The largest absolute Gasteiger partial charge is 0.305 e. The molecule has 8 aromatic rings. The maximum absolute atomic E-state index is 9.30. The van der Waals surface area contributed by atoms with Crippen LogP contribution in [0.25, 0.3) is 63.9 Å². The molecule has 219 valence electrons. The Balaban J connectivity index is 0.000000270. The number of aryl methyl sites for hydroxylation is 1. The van der Waals surface area contributed by atoms with Crippen molar-refractivity contribution in [3.05, 3.63) is 133 Å². The zero-order valence-corrected chi connectivity index (χ0v) is 27.7. The summed E-state index contributed by atoms with van der Waals surface area (Å²) in [6.45, 7) is 2.91. The second-order valence-electron chi connectivity index (χ2n) is 11.6. The number of rotatable bonds is 2. The molecule has 0 N–H and O–H groups in total. The van der Waals surface area contributed by atoms with E-state index in [9.17, 15) is 2.74 Å². The van der Waals surface area contributed by atoms with Crippen molar-refractivity contribution in [2.75, 3.05) is 0 Å². The average Bonchev–Trinajstić information content (AvgIpc) is 3.47. The fraction of sp³-hybridized carbons (Fsp3) is 0.150. The summed E-state index contributed by atoms with van der Waals surface area (Å²) in [7, 11) is 0. The predicted molar refractivity (Wildman–Crippen MR) is 185 cm³/mol. The number of benzene rings is 5. The zero-order valence-electron chi connectivity index (χ0n) is 29.5. The van der Waals surface area contributed by atoms with E-state index < -0.39 is 18.6 Å². The molecule has 2 nitrogen and oxygen atoms in total. The number of thiophene rings is 1. The first-order valence-electron chi connectivity index (χ1n) is 16.8. The van der Waals surface area contributed by atoms with Crippen molar-refractivity contribution in [2.24, 2.45) is 5.41 Å². The summed E-state index contributed by atoms with van der Waals surface area (Å²) in [4.78, 5) is 8.91. The van der Waals surface area contributed by atoms with E-state index in [0.29, 0.717) is 10.9 Å². The van der Waals surface area contributed by atoms with Crippen LogP contribution in [0.2, 0.25) is 0 Å². The Labute approximate surface area is 283 Å². The third kappa shape index (κ3) is 5.55. The van der Waals surface area contributed by atoms with Crippen LogP contribution in [0.5, 0.6) is 0 Å². The quantitative estimate of drug-likeness (QED) is 0.129. The summed E-state index contributed by atoms with van der Waals surface area (Å²) < 4.78 is 45.7. The third-order valence-corrected chi connectivity index (χ3v) is 8.61. The molecular weight excluding hydrogens is 733 g/mol. The van der Waals surface area contributed by atoms with Gasteiger partial charge in [0.15, 0.2) is 0 Å². The number of pyridine rings is 2. The third-order valence-electron chi connectivity index (χ3n) is 7.41. The first-order valence-corrected chi connectivity index (χ1v) is 15.1. The van der Waals surface area contributed by atoms with E-state index in [2.05, 4.69) is 46.4 Å². The molecule has 0 bridgehead atoms. The van der Waals surface area contributed by atoms with E-state index in [1.165, 1.54) is 6.20 Å². The van der Waals surface area contributed by atoms with E-state index in [4.69, 9.17) is 4.11 Å². The van der Waals surface area contributed by atoms with Gasteiger partial charge in [0.1, 0.15) is 0 Å². The molecule has 0 spiro atoms. The topological polar surface area (TPSA) is 25.8 Å². The SMILES string of the molecule is [2H]C([2H])([2H])c1cnc2c3[c-]cccc3c3ccc4c5ccccc5sc4c3c2c1C([2H])([2H])C(C)(C)C.[Ir].[c-]1ccccc1-c1ccccn1. The van der Waals surface area contributed by atoms with Gasteiger partial charge >= 0.3 is 0 Å². The normalized spacial score (nSPS) is 13.8. The van der Waals surface area contributed by atoms with Crippen molar-refractivity contribution >= 4 is 64.0 Å². The minimum Gasteiger partial charge on any atom is -0.305 e. The van der Waals surface area contributed by atoms with Gasteiger partial charge in [-0.15, -0.1) is 76.9 Å². The summed E-state index contributed by atoms with van der Waals surface area (Å²) in [6.07, 6.45) is 1.19. The van der Waals surface area contributed by atoms with Gasteiger partial charge in [0.05, 0.1) is 0 Å². The minimum absolute atomic E-state index is 0. The molecule has 0 saturated heterocycles. The zero-order chi connectivity index (χ0) is 33.8. The van der Waals surface area contributed by atoms with E-state index in [0.717, 1.165) is 53.0 Å². The molecule has 0 fully saturated rings. The summed E-state index contributed by atoms with van der Waals surface area (Å²) in [5.41, 5.74) is 1.89. The number of fused-ring (bicyclic) bond motifs is 10. The number of nitrogens with zero attached hydrogens (tertiary/aromatic N) is 2. The molecule has 5 aromatic carbocycles. The molecule has 0 atom stereocenters. The molecular formula is C40H32IrN2S-2. The fourth-order valence-corrected chi connectivity index (χ4v) is 6.90. The molecule has 44 heavy (non-hydrogen) atoms. The van der Waals surface area contributed by atoms with Crippen LogP contribution in [0, 0.1) is 24.4 Å². The molecule has 3 aromatic heterocycles. The monoisotopic (exact) mass is 770 g/mol. The van der Waals surface area contributed by atoms with Crippen LogP contribution in [-0.2, 0) is 26.5 Å². The first-order chi connectivity index (χ1) is 22.9. The van der Waals surface area contributed by atoms with Crippen LogP contribution in [0.15, 0.2) is 109 Å². The van der Waals surface area contributed by atoms with Gasteiger partial charge in [-0.05, 0) is 63.9 Å². The summed E-state index contributed by atoms with van der Waals surface area (Å²) in [6, 6.07) is 38.3. The fourth-order valence-electron chi connectivity index (χ4n) is 5.64. The Hall–Kier alpha value is -3.95. The Morgan fingerprint density at radius 3 is 2.32 bits per heavy atom. The second-order valence-corrected chi connectivity index (χ2v) is 12.6. The van der Waals surface area contributed by atoms with E-state index in [1.807, 2.05) is 93.6 Å². The van der Waals surface area contributed by atoms with Gasteiger partial charge in [-0.25, -0.2) is 0 Å². The van der Waals surface area contributed by atoms with Crippen molar-refractivity contribution in [3.63, 3.8) is 0 Å². The van der Waals surface area contributed by atoms with Gasteiger partial charge in [0.2, 0.25) is 0 Å². The Morgan fingerprint density at radius 2 is 1.55 bits per heavy atom. The van der Waals surface area contributed by atoms with Crippen LogP contribution in [-0.4, -0.2) is 9.97 Å². The van der Waals surface area contributed by atoms with Crippen LogP contribution < -0.4 is 0 Å². The van der Waals surface area contributed by atoms with Gasteiger partial charge in [0.25, 0.3) is 0 Å². The number of hydrogen-bond acceptors (Lipinski definition) is 3. The van der Waals surface area contributed by atoms with Crippen molar-refractivity contribution < 1.29 is 27.0 Å². The second kappa shape index (κ2) is 12.2. The van der Waals surface area contributed by atoms with Crippen molar-refractivity contribution in [1.29, 1.82) is 0 Å². The first kappa shape index (κ1) is 24.4. The molecule has 0 amide bonds. The summed E-state index contributed by atoms with van der Waals surface area (Å²) in [5.74, 6) is 0. The van der Waals surface area contributed by atoms with Crippen molar-refractivity contribution in [1.82, 2.24) is 9.97 Å². The number of aromatic nitrogens is 2. The number of hydrogen-bond donors (Lipinski definition) is 0. The van der Waals surface area contributed by atoms with Gasteiger partial charge in [0, 0.05) is 59.5 Å². The smallest absolute Gasteiger partial charge is 0.0424 e. The predicted octanol–water partition coefficient (Wildman–Crippen LogP) is 11.2. The molecule has 0 saturated carbocycles.